The number of hydrogen-bond donors (Lipinski definition) is 2. The van der Waals surface area contributed by atoms with E-state index in [1.54, 1.807) is 11.0 Å². The van der Waals surface area contributed by atoms with Crippen molar-refractivity contribution >= 4 is 11.6 Å². The molecule has 0 aliphatic rings. The molecule has 0 saturated carbocycles. The smallest absolute Gasteiger partial charge is 0.193 e. The third-order valence-corrected chi connectivity index (χ3v) is 4.30. The molecule has 0 saturated heterocycles. The van der Waals surface area contributed by atoms with Crippen LogP contribution in [0.3, 0.4) is 0 Å². The fourth-order valence-electron chi connectivity index (χ4n) is 2.84. The summed E-state index contributed by atoms with van der Waals surface area (Å²) in [5, 5.41) is 7.41. The Morgan fingerprint density at radius 2 is 1.77 bits per heavy atom. The number of nitrogens with one attached hydrogen (secondary N) is 1. The summed E-state index contributed by atoms with van der Waals surface area (Å²) in [6.07, 6.45) is 5.09. The Morgan fingerprint density at radius 3 is 2.35 bits per heavy atom. The van der Waals surface area contributed by atoms with Crippen molar-refractivity contribution in [1.29, 1.82) is 0 Å². The minimum atomic E-state index is 0.431. The highest BCUT2D eigenvalue weighted by Gasteiger charge is 2.07. The van der Waals surface area contributed by atoms with Gasteiger partial charge in [-0.2, -0.15) is 5.10 Å². The molecular formula is C20H24N6. The molecule has 0 atom stereocenters. The molecule has 0 unspecified atom stereocenters. The van der Waals surface area contributed by atoms with Gasteiger partial charge in [-0.15, -0.1) is 0 Å². The zero-order valence-corrected chi connectivity index (χ0v) is 15.2. The third-order valence-electron chi connectivity index (χ3n) is 4.30. The van der Waals surface area contributed by atoms with Gasteiger partial charge in [-0.3, -0.25) is 0 Å². The average molecular weight is 348 g/mol. The number of nitrogens with zero attached hydrogens (tertiary/aromatic N) is 4. The maximum Gasteiger partial charge on any atom is 0.193 e. The van der Waals surface area contributed by atoms with Crippen molar-refractivity contribution in [2.75, 3.05) is 5.32 Å². The second kappa shape index (κ2) is 8.29. The summed E-state index contributed by atoms with van der Waals surface area (Å²) in [4.78, 5) is 8.44. The summed E-state index contributed by atoms with van der Waals surface area (Å²) in [5.74, 6) is 0.431. The monoisotopic (exact) mass is 348 g/mol. The summed E-state index contributed by atoms with van der Waals surface area (Å²) in [7, 11) is 0. The van der Waals surface area contributed by atoms with E-state index in [1.807, 2.05) is 24.3 Å². The van der Waals surface area contributed by atoms with E-state index in [2.05, 4.69) is 52.4 Å². The van der Waals surface area contributed by atoms with Gasteiger partial charge < -0.3 is 11.1 Å². The fourth-order valence-corrected chi connectivity index (χ4v) is 2.84. The highest BCUT2D eigenvalue weighted by molar-refractivity contribution is 5.93. The van der Waals surface area contributed by atoms with Gasteiger partial charge in [0.1, 0.15) is 12.7 Å². The Labute approximate surface area is 153 Å². The maximum atomic E-state index is 6.12. The van der Waals surface area contributed by atoms with Crippen molar-refractivity contribution in [2.24, 2.45) is 10.7 Å². The number of rotatable bonds is 6. The van der Waals surface area contributed by atoms with Gasteiger partial charge in [0.05, 0.1) is 12.2 Å². The second-order valence-electron chi connectivity index (χ2n) is 5.99. The molecular weight excluding hydrogens is 324 g/mol. The van der Waals surface area contributed by atoms with Crippen LogP contribution in [0, 0.1) is 0 Å². The van der Waals surface area contributed by atoms with Gasteiger partial charge in [-0.25, -0.2) is 14.7 Å². The molecule has 0 aliphatic carbocycles. The molecule has 3 N–H and O–H groups in total. The predicted molar refractivity (Wildman–Crippen MR) is 106 cm³/mol. The lowest BCUT2D eigenvalue weighted by Crippen LogP contribution is -2.24. The Morgan fingerprint density at radius 1 is 1.08 bits per heavy atom. The molecule has 6 nitrogen and oxygen atoms in total. The number of guanidine groups is 1. The average Bonchev–Trinajstić information content (AvgIpc) is 3.21. The zero-order chi connectivity index (χ0) is 18.4. The number of para-hydroxylation sites is 1. The Bertz CT molecular complexity index is 844. The minimum absolute atomic E-state index is 0.431. The van der Waals surface area contributed by atoms with Crippen molar-refractivity contribution < 1.29 is 0 Å². The number of anilines is 1. The highest BCUT2D eigenvalue weighted by Crippen LogP contribution is 2.22. The molecule has 26 heavy (non-hydrogen) atoms. The van der Waals surface area contributed by atoms with Crippen LogP contribution >= 0.6 is 0 Å². The molecule has 0 radical (unpaired) electrons. The van der Waals surface area contributed by atoms with Gasteiger partial charge in [0.2, 0.25) is 0 Å². The first kappa shape index (κ1) is 17.7. The molecule has 0 bridgehead atoms. The molecule has 1 aromatic heterocycles. The molecule has 0 amide bonds. The first-order chi connectivity index (χ1) is 12.7. The molecule has 0 fully saturated rings. The lowest BCUT2D eigenvalue weighted by Gasteiger charge is -2.14. The number of hydrogen-bond acceptors (Lipinski definition) is 3. The van der Waals surface area contributed by atoms with Crippen LogP contribution in [0.2, 0.25) is 0 Å². The van der Waals surface area contributed by atoms with Crippen LogP contribution in [-0.4, -0.2) is 20.7 Å². The number of benzene rings is 2. The molecule has 2 aromatic carbocycles. The van der Waals surface area contributed by atoms with E-state index in [4.69, 9.17) is 5.73 Å². The van der Waals surface area contributed by atoms with E-state index in [-0.39, 0.29) is 0 Å². The van der Waals surface area contributed by atoms with E-state index in [0.717, 1.165) is 29.8 Å². The third kappa shape index (κ3) is 4.08. The molecule has 3 aromatic rings. The normalized spacial score (nSPS) is 11.5. The van der Waals surface area contributed by atoms with Crippen LogP contribution < -0.4 is 11.1 Å². The summed E-state index contributed by atoms with van der Waals surface area (Å²) in [6.45, 7) is 4.81. The van der Waals surface area contributed by atoms with Gasteiger partial charge >= 0.3 is 0 Å². The molecule has 0 aliphatic heterocycles. The summed E-state index contributed by atoms with van der Waals surface area (Å²) < 4.78 is 1.72. The highest BCUT2D eigenvalue weighted by atomic mass is 15.3. The van der Waals surface area contributed by atoms with Crippen LogP contribution in [0.1, 0.15) is 30.5 Å². The minimum Gasteiger partial charge on any atom is -0.370 e. The Balaban J connectivity index is 1.69. The molecule has 1 heterocycles. The van der Waals surface area contributed by atoms with Crippen molar-refractivity contribution in [2.45, 2.75) is 33.2 Å². The van der Waals surface area contributed by atoms with Gasteiger partial charge in [-0.05, 0) is 41.7 Å². The maximum absolute atomic E-state index is 6.12. The van der Waals surface area contributed by atoms with E-state index in [1.165, 1.54) is 17.5 Å². The SMILES string of the molecule is CCc1cccc(CC)c1NC(N)=NCc1ccc(-n2cncn2)cc1. The van der Waals surface area contributed by atoms with Gasteiger partial charge in [0.15, 0.2) is 5.96 Å². The summed E-state index contributed by atoms with van der Waals surface area (Å²) >= 11 is 0. The first-order valence-corrected chi connectivity index (χ1v) is 8.83. The van der Waals surface area contributed by atoms with Crippen molar-refractivity contribution in [3.63, 3.8) is 0 Å². The zero-order valence-electron chi connectivity index (χ0n) is 15.2. The van der Waals surface area contributed by atoms with E-state index in [0.29, 0.717) is 12.5 Å². The topological polar surface area (TPSA) is 81.1 Å². The predicted octanol–water partition coefficient (Wildman–Crippen LogP) is 3.32. The quantitative estimate of drug-likeness (QED) is 0.529. The van der Waals surface area contributed by atoms with Gasteiger partial charge in [-0.1, -0.05) is 44.2 Å². The summed E-state index contributed by atoms with van der Waals surface area (Å²) in [5.41, 5.74) is 11.8. The lowest BCUT2D eigenvalue weighted by molar-refractivity contribution is 0.877. The number of nitrogens with two attached hydrogens (primary N) is 1. The van der Waals surface area contributed by atoms with Crippen LogP contribution in [-0.2, 0) is 19.4 Å². The van der Waals surface area contributed by atoms with Gasteiger partial charge in [0, 0.05) is 5.69 Å². The number of aliphatic imine (C=N–C) groups is 1. The molecule has 134 valence electrons. The second-order valence-corrected chi connectivity index (χ2v) is 5.99. The first-order valence-electron chi connectivity index (χ1n) is 8.83. The van der Waals surface area contributed by atoms with Crippen LogP contribution in [0.15, 0.2) is 60.1 Å². The summed E-state index contributed by atoms with van der Waals surface area (Å²) in [6, 6.07) is 14.4. The largest absolute Gasteiger partial charge is 0.370 e. The number of aryl methyl sites for hydroxylation is 2. The van der Waals surface area contributed by atoms with Crippen LogP contribution in [0.5, 0.6) is 0 Å². The lowest BCUT2D eigenvalue weighted by atomic mass is 10.0. The fraction of sp³-hybridized carbons (Fsp3) is 0.250. The van der Waals surface area contributed by atoms with Gasteiger partial charge in [0.25, 0.3) is 0 Å². The standard InChI is InChI=1S/C20H24N6/c1-3-16-6-5-7-17(4-2)19(16)25-20(21)23-12-15-8-10-18(11-9-15)26-14-22-13-24-26/h5-11,13-14H,3-4,12H2,1-2H3,(H3,21,23,25). The number of aromatic nitrogens is 3. The van der Waals surface area contributed by atoms with Crippen molar-refractivity contribution in [3.05, 3.63) is 71.8 Å². The Kier molecular flexibility index (Phi) is 5.63. The van der Waals surface area contributed by atoms with Crippen LogP contribution in [0.4, 0.5) is 5.69 Å². The van der Waals surface area contributed by atoms with E-state index >= 15 is 0 Å². The molecule has 0 spiro atoms. The van der Waals surface area contributed by atoms with E-state index in [9.17, 15) is 0 Å². The molecule has 6 heteroatoms. The van der Waals surface area contributed by atoms with E-state index < -0.39 is 0 Å². The molecule has 3 rings (SSSR count). The van der Waals surface area contributed by atoms with Crippen molar-refractivity contribution in [3.8, 4) is 5.69 Å². The van der Waals surface area contributed by atoms with Crippen LogP contribution in [0.25, 0.3) is 5.69 Å². The van der Waals surface area contributed by atoms with Crippen molar-refractivity contribution in [1.82, 2.24) is 14.8 Å². The Hall–Kier alpha value is -3.15.